The second kappa shape index (κ2) is 5.14. The Labute approximate surface area is 118 Å². The van der Waals surface area contributed by atoms with E-state index in [4.69, 9.17) is 16.7 Å². The van der Waals surface area contributed by atoms with Crippen molar-refractivity contribution in [3.8, 4) is 0 Å². The third kappa shape index (κ3) is 2.83. The van der Waals surface area contributed by atoms with Crippen molar-refractivity contribution in [1.29, 1.82) is 0 Å². The number of alkyl halides is 3. The molecule has 110 valence electrons. The minimum atomic E-state index is -4.67. The number of aliphatic hydroxyl groups is 1. The molecule has 1 atom stereocenters. The van der Waals surface area contributed by atoms with Crippen LogP contribution in [-0.4, -0.2) is 25.6 Å². The summed E-state index contributed by atoms with van der Waals surface area (Å²) in [6.45, 7) is 2.07. The van der Waals surface area contributed by atoms with Crippen molar-refractivity contribution < 1.29 is 18.3 Å². The smallest absolute Gasteiger partial charge is 0.379 e. The highest BCUT2D eigenvalue weighted by atomic mass is 35.5. The predicted octanol–water partition coefficient (Wildman–Crippen LogP) is 2.83. The van der Waals surface area contributed by atoms with Crippen LogP contribution in [0.2, 0.25) is 5.15 Å². The lowest BCUT2D eigenvalue weighted by atomic mass is 10.2. The lowest BCUT2D eigenvalue weighted by molar-refractivity contribution is -0.206. The summed E-state index contributed by atoms with van der Waals surface area (Å²) in [5.74, 6) is 0. The zero-order chi connectivity index (χ0) is 15.1. The van der Waals surface area contributed by atoms with Crippen molar-refractivity contribution in [2.24, 2.45) is 7.05 Å². The van der Waals surface area contributed by atoms with E-state index in [9.17, 15) is 13.2 Å². The van der Waals surface area contributed by atoms with Crippen molar-refractivity contribution in [1.82, 2.24) is 14.3 Å². The number of aryl methyl sites for hydroxylation is 2. The summed E-state index contributed by atoms with van der Waals surface area (Å²) in [5, 5.41) is 13.7. The van der Waals surface area contributed by atoms with Crippen LogP contribution in [-0.2, 0) is 13.6 Å². The molecule has 0 aliphatic heterocycles. The molecule has 4 nitrogen and oxygen atoms in total. The first kappa shape index (κ1) is 14.9. The number of hydrogen-bond donors (Lipinski definition) is 1. The van der Waals surface area contributed by atoms with Crippen LogP contribution < -0.4 is 0 Å². The van der Waals surface area contributed by atoms with Gasteiger partial charge in [-0.15, -0.1) is 0 Å². The summed E-state index contributed by atoms with van der Waals surface area (Å²) in [4.78, 5) is 0. The summed E-state index contributed by atoms with van der Waals surface area (Å²) in [7, 11) is 1.69. The average Bonchev–Trinajstić information content (AvgIpc) is 2.88. The minimum Gasteiger partial charge on any atom is -0.379 e. The molecule has 0 aromatic carbocycles. The first-order valence-electron chi connectivity index (χ1n) is 5.78. The molecule has 0 aliphatic rings. The number of nitrogens with zero attached hydrogens (tertiary/aromatic N) is 3. The van der Waals surface area contributed by atoms with Gasteiger partial charge in [-0.05, 0) is 13.0 Å². The van der Waals surface area contributed by atoms with Crippen LogP contribution in [0.3, 0.4) is 0 Å². The van der Waals surface area contributed by atoms with Crippen molar-refractivity contribution >= 4 is 11.6 Å². The molecule has 0 fully saturated rings. The van der Waals surface area contributed by atoms with Gasteiger partial charge in [-0.1, -0.05) is 11.6 Å². The third-order valence-corrected chi connectivity index (χ3v) is 3.48. The molecule has 1 unspecified atom stereocenters. The summed E-state index contributed by atoms with van der Waals surface area (Å²) < 4.78 is 40.3. The molecule has 0 bridgehead atoms. The summed E-state index contributed by atoms with van der Waals surface area (Å²) in [5.41, 5.74) is 1.25. The summed E-state index contributed by atoms with van der Waals surface area (Å²) >= 11 is 6.06. The summed E-state index contributed by atoms with van der Waals surface area (Å²) in [6, 6.07) is 1.23. The Balaban J connectivity index is 2.22. The third-order valence-electron chi connectivity index (χ3n) is 3.01. The van der Waals surface area contributed by atoms with Gasteiger partial charge < -0.3 is 9.67 Å². The first-order chi connectivity index (χ1) is 9.20. The zero-order valence-electron chi connectivity index (χ0n) is 10.8. The normalized spacial score (nSPS) is 13.8. The van der Waals surface area contributed by atoms with Crippen molar-refractivity contribution in [2.45, 2.75) is 25.7 Å². The van der Waals surface area contributed by atoms with Gasteiger partial charge in [-0.2, -0.15) is 18.3 Å². The van der Waals surface area contributed by atoms with Gasteiger partial charge in [0.1, 0.15) is 5.15 Å². The van der Waals surface area contributed by atoms with Gasteiger partial charge in [-0.3, -0.25) is 4.68 Å². The van der Waals surface area contributed by atoms with E-state index in [1.54, 1.807) is 14.0 Å². The molecule has 0 aliphatic carbocycles. The first-order valence-corrected chi connectivity index (χ1v) is 6.16. The Morgan fingerprint density at radius 3 is 2.60 bits per heavy atom. The van der Waals surface area contributed by atoms with Gasteiger partial charge in [0, 0.05) is 30.6 Å². The van der Waals surface area contributed by atoms with Crippen LogP contribution in [0.1, 0.15) is 22.9 Å². The SMILES string of the molecule is Cc1nn(C)c(Cl)c1Cn1ccc(C(O)C(F)(F)F)c1. The topological polar surface area (TPSA) is 43.0 Å². The van der Waals surface area contributed by atoms with Gasteiger partial charge in [0.2, 0.25) is 0 Å². The summed E-state index contributed by atoms with van der Waals surface area (Å²) in [6.07, 6.45) is -4.43. The number of hydrogen-bond acceptors (Lipinski definition) is 2. The number of rotatable bonds is 3. The Morgan fingerprint density at radius 2 is 2.10 bits per heavy atom. The molecule has 2 aromatic rings. The van der Waals surface area contributed by atoms with Gasteiger partial charge in [-0.25, -0.2) is 0 Å². The van der Waals surface area contributed by atoms with Crippen molar-refractivity contribution in [2.75, 3.05) is 0 Å². The van der Waals surface area contributed by atoms with Crippen LogP contribution >= 0.6 is 11.6 Å². The molecule has 0 amide bonds. The Bertz CT molecular complexity index is 618. The van der Waals surface area contributed by atoms with Crippen LogP contribution in [0.15, 0.2) is 18.5 Å². The molecule has 2 aromatic heterocycles. The fourth-order valence-electron chi connectivity index (χ4n) is 1.94. The van der Waals surface area contributed by atoms with Gasteiger partial charge >= 0.3 is 6.18 Å². The molecule has 2 heterocycles. The van der Waals surface area contributed by atoms with Crippen molar-refractivity contribution in [3.63, 3.8) is 0 Å². The molecule has 20 heavy (non-hydrogen) atoms. The average molecular weight is 308 g/mol. The monoisotopic (exact) mass is 307 g/mol. The molecule has 2 rings (SSSR count). The second-order valence-electron chi connectivity index (χ2n) is 4.54. The number of aromatic nitrogens is 3. The quantitative estimate of drug-likeness (QED) is 0.947. The predicted molar refractivity (Wildman–Crippen MR) is 67.5 cm³/mol. The standard InChI is InChI=1S/C12H13ClF3N3O/c1-7-9(11(13)18(2)17-7)6-19-4-3-8(5-19)10(20)12(14,15)16/h3-5,10,20H,6H2,1-2H3. The Morgan fingerprint density at radius 1 is 1.45 bits per heavy atom. The van der Waals surface area contributed by atoms with Crippen LogP contribution in [0.4, 0.5) is 13.2 Å². The number of aliphatic hydroxyl groups excluding tert-OH is 1. The fourth-order valence-corrected chi connectivity index (χ4v) is 2.18. The Kier molecular flexibility index (Phi) is 3.84. The zero-order valence-corrected chi connectivity index (χ0v) is 11.6. The van der Waals surface area contributed by atoms with E-state index < -0.39 is 12.3 Å². The molecule has 1 N–H and O–H groups in total. The van der Waals surface area contributed by atoms with Crippen LogP contribution in [0.25, 0.3) is 0 Å². The van der Waals surface area contributed by atoms with Gasteiger partial charge in [0.25, 0.3) is 0 Å². The molecule has 0 radical (unpaired) electrons. The maximum absolute atomic E-state index is 12.4. The molecule has 0 saturated carbocycles. The maximum atomic E-state index is 12.4. The van der Waals surface area contributed by atoms with Crippen LogP contribution in [0, 0.1) is 6.92 Å². The van der Waals surface area contributed by atoms with E-state index in [1.807, 2.05) is 0 Å². The molecular formula is C12H13ClF3N3O. The van der Waals surface area contributed by atoms with E-state index in [2.05, 4.69) is 5.10 Å². The minimum absolute atomic E-state index is 0.199. The highest BCUT2D eigenvalue weighted by Gasteiger charge is 2.39. The van der Waals surface area contributed by atoms with E-state index >= 15 is 0 Å². The van der Waals surface area contributed by atoms with Gasteiger partial charge in [0.15, 0.2) is 6.10 Å². The van der Waals surface area contributed by atoms with Gasteiger partial charge in [0.05, 0.1) is 12.2 Å². The highest BCUT2D eigenvalue weighted by molar-refractivity contribution is 6.30. The lowest BCUT2D eigenvalue weighted by Gasteiger charge is -2.12. The van der Waals surface area contributed by atoms with E-state index in [0.29, 0.717) is 17.4 Å². The molecule has 0 spiro atoms. The highest BCUT2D eigenvalue weighted by Crippen LogP contribution is 2.32. The Hall–Kier alpha value is -1.47. The fraction of sp³-hybridized carbons (Fsp3) is 0.417. The van der Waals surface area contributed by atoms with Crippen molar-refractivity contribution in [3.05, 3.63) is 40.4 Å². The van der Waals surface area contributed by atoms with E-state index in [0.717, 1.165) is 5.56 Å². The largest absolute Gasteiger partial charge is 0.418 e. The number of halogens is 4. The molecular weight excluding hydrogens is 295 g/mol. The molecule has 8 heteroatoms. The van der Waals surface area contributed by atoms with Crippen LogP contribution in [0.5, 0.6) is 0 Å². The lowest BCUT2D eigenvalue weighted by Crippen LogP contribution is -2.19. The molecule has 0 saturated heterocycles. The second-order valence-corrected chi connectivity index (χ2v) is 4.90. The van der Waals surface area contributed by atoms with E-state index in [-0.39, 0.29) is 5.56 Å². The van der Waals surface area contributed by atoms with E-state index in [1.165, 1.54) is 27.7 Å². The maximum Gasteiger partial charge on any atom is 0.418 e.